The Morgan fingerprint density at radius 3 is 2.74 bits per heavy atom. The standard InChI is InChI=1S/C21H30N4O2/c1-16(20-7-6-17(2)27-20)8-13-23-9-5-12-25-18(15-23)14-19(22-25)21(26)24-10-3-4-11-24/h6-7,14,16H,3-5,8-13,15H2,1-2H3/t16-/m0/s1. The predicted octanol–water partition coefficient (Wildman–Crippen LogP) is 3.42. The molecule has 1 saturated heterocycles. The first-order chi connectivity index (χ1) is 13.1. The SMILES string of the molecule is Cc1ccc([C@@H](C)CCN2CCCn3nc(C(=O)N4CCCC4)cc3C2)o1. The largest absolute Gasteiger partial charge is 0.466 e. The smallest absolute Gasteiger partial charge is 0.274 e. The third-order valence-corrected chi connectivity index (χ3v) is 5.83. The van der Waals surface area contributed by atoms with E-state index in [0.717, 1.165) is 82.2 Å². The molecule has 4 rings (SSSR count). The van der Waals surface area contributed by atoms with Gasteiger partial charge in [-0.25, -0.2) is 0 Å². The molecule has 4 heterocycles. The third-order valence-electron chi connectivity index (χ3n) is 5.83. The van der Waals surface area contributed by atoms with Crippen molar-refractivity contribution in [3.63, 3.8) is 0 Å². The van der Waals surface area contributed by atoms with Crippen molar-refractivity contribution in [3.8, 4) is 0 Å². The highest BCUT2D eigenvalue weighted by molar-refractivity contribution is 5.92. The lowest BCUT2D eigenvalue weighted by molar-refractivity contribution is 0.0786. The minimum absolute atomic E-state index is 0.0986. The van der Waals surface area contributed by atoms with Gasteiger partial charge in [-0.15, -0.1) is 0 Å². The molecule has 0 aliphatic carbocycles. The highest BCUT2D eigenvalue weighted by Gasteiger charge is 2.25. The minimum atomic E-state index is 0.0986. The Hall–Kier alpha value is -2.08. The molecular weight excluding hydrogens is 340 g/mol. The lowest BCUT2D eigenvalue weighted by Crippen LogP contribution is -2.28. The Kier molecular flexibility index (Phi) is 5.34. The highest BCUT2D eigenvalue weighted by atomic mass is 16.3. The van der Waals surface area contributed by atoms with Crippen LogP contribution in [0, 0.1) is 6.92 Å². The molecule has 0 bridgehead atoms. The summed E-state index contributed by atoms with van der Waals surface area (Å²) in [6.45, 7) is 9.83. The van der Waals surface area contributed by atoms with Gasteiger partial charge in [-0.2, -0.15) is 5.10 Å². The van der Waals surface area contributed by atoms with Crippen LogP contribution in [0.1, 0.15) is 66.2 Å². The summed E-state index contributed by atoms with van der Waals surface area (Å²) < 4.78 is 7.81. The number of aryl methyl sites for hydroxylation is 2. The topological polar surface area (TPSA) is 54.5 Å². The second-order valence-electron chi connectivity index (χ2n) is 8.01. The number of carbonyl (C=O) groups is 1. The number of likely N-dealkylation sites (tertiary alicyclic amines) is 1. The van der Waals surface area contributed by atoms with Crippen LogP contribution in [0.25, 0.3) is 0 Å². The quantitative estimate of drug-likeness (QED) is 0.809. The van der Waals surface area contributed by atoms with E-state index >= 15 is 0 Å². The van der Waals surface area contributed by atoms with Gasteiger partial charge >= 0.3 is 0 Å². The molecule has 27 heavy (non-hydrogen) atoms. The normalized spacial score (nSPS) is 19.1. The molecule has 6 heteroatoms. The van der Waals surface area contributed by atoms with E-state index in [4.69, 9.17) is 4.42 Å². The van der Waals surface area contributed by atoms with E-state index in [-0.39, 0.29) is 5.91 Å². The van der Waals surface area contributed by atoms with Crippen molar-refractivity contribution in [1.82, 2.24) is 19.6 Å². The highest BCUT2D eigenvalue weighted by Crippen LogP contribution is 2.23. The average molecular weight is 370 g/mol. The number of nitrogens with zero attached hydrogens (tertiary/aromatic N) is 4. The summed E-state index contributed by atoms with van der Waals surface area (Å²) in [5, 5.41) is 4.62. The van der Waals surface area contributed by atoms with Crippen LogP contribution in [0.15, 0.2) is 22.6 Å². The van der Waals surface area contributed by atoms with Crippen molar-refractivity contribution in [2.24, 2.45) is 0 Å². The number of furan rings is 1. The minimum Gasteiger partial charge on any atom is -0.466 e. The van der Waals surface area contributed by atoms with E-state index < -0.39 is 0 Å². The van der Waals surface area contributed by atoms with Crippen molar-refractivity contribution in [1.29, 1.82) is 0 Å². The van der Waals surface area contributed by atoms with Gasteiger partial charge in [0.25, 0.3) is 5.91 Å². The van der Waals surface area contributed by atoms with E-state index in [9.17, 15) is 4.79 Å². The van der Waals surface area contributed by atoms with Crippen molar-refractivity contribution < 1.29 is 9.21 Å². The molecule has 1 atom stereocenters. The van der Waals surface area contributed by atoms with Crippen LogP contribution in [0.4, 0.5) is 0 Å². The molecule has 146 valence electrons. The van der Waals surface area contributed by atoms with Crippen LogP contribution in [0.5, 0.6) is 0 Å². The molecule has 6 nitrogen and oxygen atoms in total. The maximum Gasteiger partial charge on any atom is 0.274 e. The van der Waals surface area contributed by atoms with Gasteiger partial charge in [0.1, 0.15) is 11.5 Å². The maximum atomic E-state index is 12.6. The lowest BCUT2D eigenvalue weighted by atomic mass is 10.0. The van der Waals surface area contributed by atoms with Crippen molar-refractivity contribution in [2.45, 2.75) is 58.5 Å². The molecule has 0 aromatic carbocycles. The van der Waals surface area contributed by atoms with Crippen molar-refractivity contribution >= 4 is 5.91 Å². The zero-order chi connectivity index (χ0) is 18.8. The van der Waals surface area contributed by atoms with Crippen LogP contribution >= 0.6 is 0 Å². The van der Waals surface area contributed by atoms with Gasteiger partial charge in [0.05, 0.1) is 5.69 Å². The van der Waals surface area contributed by atoms with Gasteiger partial charge in [-0.1, -0.05) is 6.92 Å². The lowest BCUT2D eigenvalue weighted by Gasteiger charge is -2.21. The van der Waals surface area contributed by atoms with Gasteiger partial charge in [0.15, 0.2) is 5.69 Å². The van der Waals surface area contributed by atoms with Crippen LogP contribution < -0.4 is 0 Å². The Morgan fingerprint density at radius 1 is 1.19 bits per heavy atom. The summed E-state index contributed by atoms with van der Waals surface area (Å²) in [5.41, 5.74) is 1.78. The molecule has 0 unspecified atom stereocenters. The Morgan fingerprint density at radius 2 is 2.00 bits per heavy atom. The molecule has 0 radical (unpaired) electrons. The molecular formula is C21H30N4O2. The van der Waals surface area contributed by atoms with E-state index in [1.807, 2.05) is 28.6 Å². The van der Waals surface area contributed by atoms with Crippen LogP contribution in [0.3, 0.4) is 0 Å². The van der Waals surface area contributed by atoms with Gasteiger partial charge in [0.2, 0.25) is 0 Å². The fraction of sp³-hybridized carbons (Fsp3) is 0.619. The van der Waals surface area contributed by atoms with E-state index in [1.54, 1.807) is 0 Å². The van der Waals surface area contributed by atoms with Gasteiger partial charge < -0.3 is 9.32 Å². The number of rotatable bonds is 5. The number of hydrogen-bond donors (Lipinski definition) is 0. The molecule has 0 saturated carbocycles. The molecule has 1 fully saturated rings. The Balaban J connectivity index is 1.38. The first-order valence-corrected chi connectivity index (χ1v) is 10.2. The first kappa shape index (κ1) is 18.3. The summed E-state index contributed by atoms with van der Waals surface area (Å²) in [5.74, 6) is 2.57. The fourth-order valence-corrected chi connectivity index (χ4v) is 4.14. The predicted molar refractivity (Wildman–Crippen MR) is 104 cm³/mol. The van der Waals surface area contributed by atoms with Crippen molar-refractivity contribution in [2.75, 3.05) is 26.2 Å². The summed E-state index contributed by atoms with van der Waals surface area (Å²) in [6.07, 6.45) is 4.36. The number of carbonyl (C=O) groups excluding carboxylic acids is 1. The monoisotopic (exact) mass is 370 g/mol. The van der Waals surface area contributed by atoms with Crippen molar-refractivity contribution in [3.05, 3.63) is 41.1 Å². The number of fused-ring (bicyclic) bond motifs is 1. The number of aromatic nitrogens is 2. The summed E-state index contributed by atoms with van der Waals surface area (Å²) in [4.78, 5) is 17.1. The van der Waals surface area contributed by atoms with E-state index in [1.165, 1.54) is 0 Å². The van der Waals surface area contributed by atoms with Gasteiger partial charge in [0, 0.05) is 38.6 Å². The van der Waals surface area contributed by atoms with Crippen LogP contribution in [-0.2, 0) is 13.1 Å². The van der Waals surface area contributed by atoms with Gasteiger partial charge in [-0.05, 0) is 57.4 Å². The van der Waals surface area contributed by atoms with E-state index in [0.29, 0.717) is 11.6 Å². The summed E-state index contributed by atoms with van der Waals surface area (Å²) in [7, 11) is 0. The summed E-state index contributed by atoms with van der Waals surface area (Å²) in [6, 6.07) is 6.14. The fourth-order valence-electron chi connectivity index (χ4n) is 4.14. The molecule has 2 aliphatic heterocycles. The maximum absolute atomic E-state index is 12.6. The molecule has 2 aliphatic rings. The average Bonchev–Trinajstić information content (AvgIpc) is 3.39. The van der Waals surface area contributed by atoms with Crippen LogP contribution in [-0.4, -0.2) is 51.7 Å². The molecule has 2 aromatic rings. The molecule has 0 N–H and O–H groups in total. The molecule has 1 amide bonds. The zero-order valence-corrected chi connectivity index (χ0v) is 16.5. The second-order valence-corrected chi connectivity index (χ2v) is 8.01. The van der Waals surface area contributed by atoms with Crippen LogP contribution in [0.2, 0.25) is 0 Å². The second kappa shape index (κ2) is 7.89. The first-order valence-electron chi connectivity index (χ1n) is 10.2. The number of amides is 1. The molecule has 2 aromatic heterocycles. The molecule has 0 spiro atoms. The Bertz CT molecular complexity index is 788. The third kappa shape index (κ3) is 4.10. The van der Waals surface area contributed by atoms with Gasteiger partial charge in [-0.3, -0.25) is 14.4 Å². The zero-order valence-electron chi connectivity index (χ0n) is 16.5. The number of hydrogen-bond acceptors (Lipinski definition) is 4. The van der Waals surface area contributed by atoms with E-state index in [2.05, 4.69) is 23.0 Å². The Labute approximate surface area is 161 Å². The summed E-state index contributed by atoms with van der Waals surface area (Å²) >= 11 is 0.